The van der Waals surface area contributed by atoms with E-state index >= 15 is 0 Å². The Morgan fingerprint density at radius 1 is 1.24 bits per heavy atom. The monoisotopic (exact) mass is 346 g/mol. The molecule has 3 atom stereocenters. The first-order valence-electron chi connectivity index (χ1n) is 8.16. The van der Waals surface area contributed by atoms with Gasteiger partial charge in [-0.25, -0.2) is 9.59 Å². The number of carbonyl (C=O) groups is 3. The minimum absolute atomic E-state index is 0.137. The van der Waals surface area contributed by atoms with Crippen LogP contribution in [0.4, 0.5) is 4.79 Å². The molecule has 7 heteroatoms. The predicted molar refractivity (Wildman–Crippen MR) is 90.8 cm³/mol. The number of rotatable bonds is 2. The van der Waals surface area contributed by atoms with Crippen molar-refractivity contribution in [3.05, 3.63) is 48.0 Å². The van der Waals surface area contributed by atoms with Crippen molar-refractivity contribution in [2.45, 2.75) is 44.4 Å². The minimum atomic E-state index is -1.29. The summed E-state index contributed by atoms with van der Waals surface area (Å²) in [4.78, 5) is 35.4. The molecule has 134 valence electrons. The third-order valence-corrected chi connectivity index (χ3v) is 3.91. The summed E-state index contributed by atoms with van der Waals surface area (Å²) in [6.45, 7) is 1.68. The molecular formula is C18H22N2O5. The first-order valence-corrected chi connectivity index (χ1v) is 8.16. The lowest BCUT2D eigenvalue weighted by Gasteiger charge is -2.27. The van der Waals surface area contributed by atoms with Crippen molar-refractivity contribution in [2.75, 3.05) is 0 Å². The van der Waals surface area contributed by atoms with Gasteiger partial charge in [0.05, 0.1) is 6.04 Å². The zero-order chi connectivity index (χ0) is 18.2. The van der Waals surface area contributed by atoms with E-state index in [0.29, 0.717) is 12.8 Å². The van der Waals surface area contributed by atoms with Crippen LogP contribution < -0.4 is 10.6 Å². The van der Waals surface area contributed by atoms with Crippen molar-refractivity contribution in [2.24, 2.45) is 0 Å². The summed E-state index contributed by atoms with van der Waals surface area (Å²) in [7, 11) is 0. The van der Waals surface area contributed by atoms with Gasteiger partial charge in [-0.15, -0.1) is 0 Å². The van der Waals surface area contributed by atoms with Crippen LogP contribution in [0.3, 0.4) is 0 Å². The zero-order valence-electron chi connectivity index (χ0n) is 14.0. The summed E-state index contributed by atoms with van der Waals surface area (Å²) < 4.78 is 5.44. The van der Waals surface area contributed by atoms with Gasteiger partial charge in [0.25, 0.3) is 0 Å². The number of benzene rings is 1. The summed E-state index contributed by atoms with van der Waals surface area (Å²) in [6, 6.07) is 7.72. The number of nitrogens with one attached hydrogen (secondary N) is 2. The van der Waals surface area contributed by atoms with E-state index in [0.717, 1.165) is 5.56 Å². The minimum Gasteiger partial charge on any atom is -0.465 e. The standard InChI is InChI=1S/C18H22N2O5/c1-12-16(13-8-4-2-5-9-13)20-15(21)11-7-3-6-10-14(17(22)25-12)19-18(23)24/h2-6,8-9,12,14,16,19H,7,10-11H2,1H3,(H,20,21)(H,23,24)/t12-,14-,16+/m1/s1. The number of amides is 2. The SMILES string of the molecule is C[C@H]1OC(=O)[C@H](NC(=O)O)CC=CCCC(=O)N[C@@H]1c1ccccc1. The second-order valence-corrected chi connectivity index (χ2v) is 5.85. The van der Waals surface area contributed by atoms with Gasteiger partial charge in [0.1, 0.15) is 12.1 Å². The van der Waals surface area contributed by atoms with E-state index in [1.165, 1.54) is 0 Å². The number of ether oxygens (including phenoxy) is 1. The molecule has 1 aliphatic heterocycles. The molecule has 0 bridgehead atoms. The Morgan fingerprint density at radius 3 is 2.64 bits per heavy atom. The van der Waals surface area contributed by atoms with E-state index < -0.39 is 30.3 Å². The van der Waals surface area contributed by atoms with Crippen molar-refractivity contribution < 1.29 is 24.2 Å². The molecule has 25 heavy (non-hydrogen) atoms. The first-order chi connectivity index (χ1) is 12.0. The van der Waals surface area contributed by atoms with Crippen LogP contribution in [0.15, 0.2) is 42.5 Å². The fraction of sp³-hybridized carbons (Fsp3) is 0.389. The Labute approximate surface area is 146 Å². The largest absolute Gasteiger partial charge is 0.465 e. The van der Waals surface area contributed by atoms with Crippen molar-refractivity contribution in [1.82, 2.24) is 10.6 Å². The van der Waals surface area contributed by atoms with Gasteiger partial charge in [-0.3, -0.25) is 4.79 Å². The van der Waals surface area contributed by atoms with Crippen LogP contribution in [0.1, 0.15) is 37.8 Å². The van der Waals surface area contributed by atoms with Crippen LogP contribution in [-0.2, 0) is 14.3 Å². The third kappa shape index (κ3) is 5.63. The average Bonchev–Trinajstić information content (AvgIpc) is 2.57. The highest BCUT2D eigenvalue weighted by Crippen LogP contribution is 2.21. The number of carboxylic acid groups (broad SMARTS) is 1. The quantitative estimate of drug-likeness (QED) is 0.562. The lowest BCUT2D eigenvalue weighted by atomic mass is 10.0. The van der Waals surface area contributed by atoms with Gasteiger partial charge in [0, 0.05) is 6.42 Å². The highest BCUT2D eigenvalue weighted by atomic mass is 16.5. The molecule has 0 fully saturated rings. The maximum Gasteiger partial charge on any atom is 0.405 e. The lowest BCUT2D eigenvalue weighted by molar-refractivity contribution is -0.152. The highest BCUT2D eigenvalue weighted by molar-refractivity contribution is 5.81. The smallest absolute Gasteiger partial charge is 0.405 e. The predicted octanol–water partition coefficient (Wildman–Crippen LogP) is 2.15. The molecule has 7 nitrogen and oxygen atoms in total. The fourth-order valence-corrected chi connectivity index (χ4v) is 2.64. The van der Waals surface area contributed by atoms with Gasteiger partial charge in [0.2, 0.25) is 5.91 Å². The maximum atomic E-state index is 12.3. The molecule has 1 heterocycles. The van der Waals surface area contributed by atoms with Crippen LogP contribution >= 0.6 is 0 Å². The molecule has 0 aromatic heterocycles. The summed E-state index contributed by atoms with van der Waals surface area (Å²) in [5.74, 6) is -0.808. The Kier molecular flexibility index (Phi) is 6.56. The number of allylic oxidation sites excluding steroid dienone is 1. The molecule has 1 aromatic rings. The second kappa shape index (κ2) is 8.86. The van der Waals surface area contributed by atoms with Crippen molar-refractivity contribution in [3.8, 4) is 0 Å². The van der Waals surface area contributed by atoms with Gasteiger partial charge in [-0.2, -0.15) is 0 Å². The Balaban J connectivity index is 2.25. The van der Waals surface area contributed by atoms with Crippen LogP contribution in [-0.4, -0.2) is 35.2 Å². The van der Waals surface area contributed by atoms with Gasteiger partial charge in [-0.1, -0.05) is 42.5 Å². The van der Waals surface area contributed by atoms with E-state index in [9.17, 15) is 14.4 Å². The molecule has 0 radical (unpaired) electrons. The molecule has 0 unspecified atom stereocenters. The Bertz CT molecular complexity index is 644. The maximum absolute atomic E-state index is 12.3. The number of cyclic esters (lactones) is 1. The third-order valence-electron chi connectivity index (χ3n) is 3.91. The normalized spacial score (nSPS) is 25.1. The van der Waals surface area contributed by atoms with Gasteiger partial charge < -0.3 is 20.5 Å². The molecule has 0 saturated carbocycles. The number of esters is 1. The molecule has 2 rings (SSSR count). The average molecular weight is 346 g/mol. The van der Waals surface area contributed by atoms with Gasteiger partial charge in [0.15, 0.2) is 0 Å². The fourth-order valence-electron chi connectivity index (χ4n) is 2.64. The van der Waals surface area contributed by atoms with E-state index in [-0.39, 0.29) is 12.3 Å². The van der Waals surface area contributed by atoms with E-state index in [2.05, 4.69) is 10.6 Å². The van der Waals surface area contributed by atoms with Gasteiger partial charge >= 0.3 is 12.1 Å². The molecule has 3 N–H and O–H groups in total. The van der Waals surface area contributed by atoms with Crippen LogP contribution in [0, 0.1) is 0 Å². The van der Waals surface area contributed by atoms with Crippen LogP contribution in [0.2, 0.25) is 0 Å². The molecule has 0 saturated heterocycles. The highest BCUT2D eigenvalue weighted by Gasteiger charge is 2.28. The molecule has 0 spiro atoms. The second-order valence-electron chi connectivity index (χ2n) is 5.85. The molecule has 2 amide bonds. The Hall–Kier alpha value is -2.83. The summed E-state index contributed by atoms with van der Waals surface area (Å²) in [5, 5.41) is 14.0. The van der Waals surface area contributed by atoms with Crippen molar-refractivity contribution in [1.29, 1.82) is 0 Å². The lowest BCUT2D eigenvalue weighted by Crippen LogP contribution is -2.44. The summed E-state index contributed by atoms with van der Waals surface area (Å²) >= 11 is 0. The topological polar surface area (TPSA) is 105 Å². The van der Waals surface area contributed by atoms with E-state index in [4.69, 9.17) is 9.84 Å². The van der Waals surface area contributed by atoms with Crippen LogP contribution in [0.5, 0.6) is 0 Å². The molecule has 1 aromatic carbocycles. The zero-order valence-corrected chi connectivity index (χ0v) is 14.0. The summed E-state index contributed by atoms with van der Waals surface area (Å²) in [6.07, 6.45) is 2.48. The molecular weight excluding hydrogens is 324 g/mol. The van der Waals surface area contributed by atoms with Crippen LogP contribution in [0.25, 0.3) is 0 Å². The van der Waals surface area contributed by atoms with Crippen molar-refractivity contribution in [3.63, 3.8) is 0 Å². The molecule has 0 aliphatic carbocycles. The molecule has 1 aliphatic rings. The Morgan fingerprint density at radius 2 is 1.96 bits per heavy atom. The van der Waals surface area contributed by atoms with Crippen molar-refractivity contribution >= 4 is 18.0 Å². The summed E-state index contributed by atoms with van der Waals surface area (Å²) in [5.41, 5.74) is 0.812. The number of hydrogen-bond acceptors (Lipinski definition) is 4. The number of carbonyl (C=O) groups excluding carboxylic acids is 2. The van der Waals surface area contributed by atoms with E-state index in [1.54, 1.807) is 19.1 Å². The first kappa shape index (κ1) is 18.5. The van der Waals surface area contributed by atoms with E-state index in [1.807, 2.05) is 30.3 Å². The number of hydrogen-bond donors (Lipinski definition) is 3. The van der Waals surface area contributed by atoms with Gasteiger partial charge in [-0.05, 0) is 25.3 Å².